The van der Waals surface area contributed by atoms with Crippen molar-refractivity contribution in [3.63, 3.8) is 0 Å². The predicted molar refractivity (Wildman–Crippen MR) is 66.6 cm³/mol. The molecule has 1 atom stereocenters. The van der Waals surface area contributed by atoms with Gasteiger partial charge in [0.2, 0.25) is 5.91 Å². The van der Waals surface area contributed by atoms with Gasteiger partial charge in [-0.1, -0.05) is 6.92 Å². The van der Waals surface area contributed by atoms with Gasteiger partial charge in [-0.3, -0.25) is 15.0 Å². The standard InChI is InChI=1S/C12H23N3O2/c1-4-7-13-12(17)14-11(16)8-15(3)9(2)10-5-6-10/h9-10H,4-8H2,1-3H3,(H2,13,14,16,17)/t9-/m1/s1. The highest BCUT2D eigenvalue weighted by molar-refractivity contribution is 5.95. The minimum atomic E-state index is -0.399. The first kappa shape index (κ1) is 14.0. The number of rotatable bonds is 6. The summed E-state index contributed by atoms with van der Waals surface area (Å²) in [5.74, 6) is 0.482. The van der Waals surface area contributed by atoms with Crippen molar-refractivity contribution >= 4 is 11.9 Å². The highest BCUT2D eigenvalue weighted by atomic mass is 16.2. The van der Waals surface area contributed by atoms with Crippen LogP contribution in [0.4, 0.5) is 4.79 Å². The van der Waals surface area contributed by atoms with Gasteiger partial charge in [0.1, 0.15) is 0 Å². The number of hydrogen-bond acceptors (Lipinski definition) is 3. The van der Waals surface area contributed by atoms with E-state index < -0.39 is 6.03 Å². The van der Waals surface area contributed by atoms with Crippen LogP contribution >= 0.6 is 0 Å². The van der Waals surface area contributed by atoms with Crippen LogP contribution in [0.25, 0.3) is 0 Å². The van der Waals surface area contributed by atoms with Crippen molar-refractivity contribution in [1.29, 1.82) is 0 Å². The van der Waals surface area contributed by atoms with Gasteiger partial charge < -0.3 is 5.32 Å². The quantitative estimate of drug-likeness (QED) is 0.728. The molecule has 5 nitrogen and oxygen atoms in total. The summed E-state index contributed by atoms with van der Waals surface area (Å²) in [7, 11) is 1.92. The van der Waals surface area contributed by atoms with E-state index in [-0.39, 0.29) is 12.5 Å². The summed E-state index contributed by atoms with van der Waals surface area (Å²) in [4.78, 5) is 24.8. The van der Waals surface area contributed by atoms with E-state index in [0.29, 0.717) is 12.6 Å². The number of hydrogen-bond donors (Lipinski definition) is 2. The molecule has 0 heterocycles. The van der Waals surface area contributed by atoms with Gasteiger partial charge in [-0.15, -0.1) is 0 Å². The third-order valence-electron chi connectivity index (χ3n) is 3.18. The van der Waals surface area contributed by atoms with Gasteiger partial charge in [0, 0.05) is 12.6 Å². The van der Waals surface area contributed by atoms with Gasteiger partial charge >= 0.3 is 6.03 Å². The maximum atomic E-state index is 11.6. The van der Waals surface area contributed by atoms with Gasteiger partial charge in [0.05, 0.1) is 6.54 Å². The highest BCUT2D eigenvalue weighted by Gasteiger charge is 2.31. The zero-order chi connectivity index (χ0) is 12.8. The second-order valence-corrected chi connectivity index (χ2v) is 4.80. The molecule has 1 aliphatic carbocycles. The molecule has 0 aromatic carbocycles. The van der Waals surface area contributed by atoms with Crippen LogP contribution in [0.5, 0.6) is 0 Å². The Kier molecular flexibility index (Phi) is 5.41. The van der Waals surface area contributed by atoms with E-state index in [2.05, 4.69) is 17.6 Å². The summed E-state index contributed by atoms with van der Waals surface area (Å²) in [5, 5.41) is 4.94. The Morgan fingerprint density at radius 2 is 2.06 bits per heavy atom. The van der Waals surface area contributed by atoms with Gasteiger partial charge in [-0.25, -0.2) is 4.79 Å². The van der Waals surface area contributed by atoms with Gasteiger partial charge in [-0.05, 0) is 39.2 Å². The number of imide groups is 1. The first-order valence-electron chi connectivity index (χ1n) is 6.32. The largest absolute Gasteiger partial charge is 0.338 e. The van der Waals surface area contributed by atoms with Crippen LogP contribution in [0.2, 0.25) is 0 Å². The van der Waals surface area contributed by atoms with Crippen LogP contribution < -0.4 is 10.6 Å². The Morgan fingerprint density at radius 3 is 2.59 bits per heavy atom. The van der Waals surface area contributed by atoms with E-state index in [1.807, 2.05) is 18.9 Å². The van der Waals surface area contributed by atoms with Crippen LogP contribution in [0, 0.1) is 5.92 Å². The van der Waals surface area contributed by atoms with Crippen LogP contribution in [0.3, 0.4) is 0 Å². The fraction of sp³-hybridized carbons (Fsp3) is 0.833. The van der Waals surface area contributed by atoms with Crippen molar-refractivity contribution in [3.05, 3.63) is 0 Å². The molecule has 0 unspecified atom stereocenters. The van der Waals surface area contributed by atoms with Gasteiger partial charge in [0.25, 0.3) is 0 Å². The molecule has 0 spiro atoms. The minimum absolute atomic E-state index is 0.242. The number of likely N-dealkylation sites (N-methyl/N-ethyl adjacent to an activating group) is 1. The van der Waals surface area contributed by atoms with E-state index in [9.17, 15) is 9.59 Å². The molecule has 1 aliphatic rings. The first-order chi connectivity index (χ1) is 8.04. The fourth-order valence-electron chi connectivity index (χ4n) is 1.76. The van der Waals surface area contributed by atoms with E-state index >= 15 is 0 Å². The molecule has 1 saturated carbocycles. The van der Waals surface area contributed by atoms with Crippen molar-refractivity contribution in [3.8, 4) is 0 Å². The zero-order valence-electron chi connectivity index (χ0n) is 11.0. The molecule has 0 radical (unpaired) electrons. The number of carbonyl (C=O) groups is 2. The number of amides is 3. The molecule has 0 saturated heterocycles. The summed E-state index contributed by atoms with van der Waals surface area (Å²) in [6.45, 7) is 4.96. The average Bonchev–Trinajstić information content (AvgIpc) is 3.08. The van der Waals surface area contributed by atoms with Crippen molar-refractivity contribution in [2.75, 3.05) is 20.1 Å². The lowest BCUT2D eigenvalue weighted by atomic mass is 10.2. The van der Waals surface area contributed by atoms with Crippen molar-refractivity contribution in [2.24, 2.45) is 5.92 Å². The topological polar surface area (TPSA) is 61.4 Å². The molecule has 98 valence electrons. The minimum Gasteiger partial charge on any atom is -0.338 e. The van der Waals surface area contributed by atoms with E-state index in [1.165, 1.54) is 12.8 Å². The molecule has 3 amide bonds. The summed E-state index contributed by atoms with van der Waals surface area (Å²) >= 11 is 0. The molecule has 5 heteroatoms. The monoisotopic (exact) mass is 241 g/mol. The van der Waals surface area contributed by atoms with Crippen molar-refractivity contribution in [2.45, 2.75) is 39.2 Å². The third kappa shape index (κ3) is 5.17. The number of nitrogens with one attached hydrogen (secondary N) is 2. The number of urea groups is 1. The van der Waals surface area contributed by atoms with Crippen LogP contribution in [-0.2, 0) is 4.79 Å². The highest BCUT2D eigenvalue weighted by Crippen LogP contribution is 2.34. The second-order valence-electron chi connectivity index (χ2n) is 4.80. The lowest BCUT2D eigenvalue weighted by Gasteiger charge is -2.23. The smallest absolute Gasteiger partial charge is 0.321 e. The summed E-state index contributed by atoms with van der Waals surface area (Å²) in [5.41, 5.74) is 0. The molecule has 0 aliphatic heterocycles. The Morgan fingerprint density at radius 1 is 1.41 bits per heavy atom. The SMILES string of the molecule is CCCNC(=O)NC(=O)CN(C)[C@H](C)C1CC1. The molecule has 0 bridgehead atoms. The van der Waals surface area contributed by atoms with E-state index in [1.54, 1.807) is 0 Å². The Balaban J connectivity index is 2.21. The first-order valence-corrected chi connectivity index (χ1v) is 6.32. The Hall–Kier alpha value is -1.10. The maximum Gasteiger partial charge on any atom is 0.321 e. The molecule has 0 aromatic rings. The van der Waals surface area contributed by atoms with E-state index in [0.717, 1.165) is 12.3 Å². The zero-order valence-corrected chi connectivity index (χ0v) is 11.0. The lowest BCUT2D eigenvalue weighted by Crippen LogP contribution is -2.45. The molecular formula is C12H23N3O2. The van der Waals surface area contributed by atoms with E-state index in [4.69, 9.17) is 0 Å². The number of carbonyl (C=O) groups excluding carboxylic acids is 2. The molecule has 17 heavy (non-hydrogen) atoms. The maximum absolute atomic E-state index is 11.6. The molecular weight excluding hydrogens is 218 g/mol. The Labute approximate surface area is 103 Å². The average molecular weight is 241 g/mol. The fourth-order valence-corrected chi connectivity index (χ4v) is 1.76. The molecule has 1 fully saturated rings. The van der Waals surface area contributed by atoms with Crippen molar-refractivity contribution in [1.82, 2.24) is 15.5 Å². The lowest BCUT2D eigenvalue weighted by molar-refractivity contribution is -0.121. The normalized spacial score (nSPS) is 16.7. The second kappa shape index (κ2) is 6.59. The summed E-state index contributed by atoms with van der Waals surface area (Å²) in [6, 6.07) is 0.0174. The van der Waals surface area contributed by atoms with Gasteiger partial charge in [0.15, 0.2) is 0 Å². The molecule has 1 rings (SSSR count). The van der Waals surface area contributed by atoms with Crippen LogP contribution in [-0.4, -0.2) is 43.0 Å². The van der Waals surface area contributed by atoms with Crippen LogP contribution in [0.15, 0.2) is 0 Å². The van der Waals surface area contributed by atoms with Crippen LogP contribution in [0.1, 0.15) is 33.1 Å². The summed E-state index contributed by atoms with van der Waals surface area (Å²) in [6.07, 6.45) is 3.37. The number of nitrogens with zero attached hydrogens (tertiary/aromatic N) is 1. The van der Waals surface area contributed by atoms with Gasteiger partial charge in [-0.2, -0.15) is 0 Å². The Bertz CT molecular complexity index is 277. The molecule has 2 N–H and O–H groups in total. The predicted octanol–water partition coefficient (Wildman–Crippen LogP) is 0.952. The van der Waals surface area contributed by atoms with Crippen molar-refractivity contribution < 1.29 is 9.59 Å². The third-order valence-corrected chi connectivity index (χ3v) is 3.18. The molecule has 0 aromatic heterocycles. The summed E-state index contributed by atoms with van der Waals surface area (Å²) < 4.78 is 0.